The molecule has 2 N–H and O–H groups in total. The molecule has 2 aliphatic heterocycles. The minimum absolute atomic E-state index is 0.00697. The van der Waals surface area contributed by atoms with Crippen LogP contribution >= 0.6 is 0 Å². The van der Waals surface area contributed by atoms with E-state index in [1.807, 2.05) is 7.05 Å². The molecule has 2 heterocycles. The normalized spacial score (nSPS) is 26.8. The highest BCUT2D eigenvalue weighted by molar-refractivity contribution is 5.76. The lowest BCUT2D eigenvalue weighted by molar-refractivity contribution is -0.137. The smallest absolute Gasteiger partial charge is 0.378 e. The number of alkyl halides is 3. The lowest BCUT2D eigenvalue weighted by atomic mass is 9.84. The van der Waals surface area contributed by atoms with Gasteiger partial charge in [-0.15, -0.1) is 0 Å². The van der Waals surface area contributed by atoms with Crippen molar-refractivity contribution in [3.8, 4) is 0 Å². The average molecular weight is 399 g/mol. The molecule has 28 heavy (non-hydrogen) atoms. The van der Waals surface area contributed by atoms with E-state index in [4.69, 9.17) is 4.74 Å². The number of ether oxygens (including phenoxy) is 1. The molecule has 0 aliphatic carbocycles. The van der Waals surface area contributed by atoms with Crippen molar-refractivity contribution in [3.05, 3.63) is 35.4 Å². The first-order valence-electron chi connectivity index (χ1n) is 9.80. The quantitative estimate of drug-likeness (QED) is 0.799. The van der Waals surface area contributed by atoms with Gasteiger partial charge in [-0.2, -0.15) is 13.2 Å². The fourth-order valence-electron chi connectivity index (χ4n) is 4.16. The van der Waals surface area contributed by atoms with Crippen LogP contribution in [0.15, 0.2) is 24.3 Å². The Bertz CT molecular complexity index is 645. The first-order chi connectivity index (χ1) is 13.3. The van der Waals surface area contributed by atoms with E-state index in [9.17, 15) is 18.0 Å². The van der Waals surface area contributed by atoms with Crippen LogP contribution in [0.25, 0.3) is 0 Å². The molecule has 1 aromatic rings. The fraction of sp³-hybridized carbons (Fsp3) is 0.650. The van der Waals surface area contributed by atoms with Crippen molar-refractivity contribution < 1.29 is 22.7 Å². The minimum atomic E-state index is -4.33. The lowest BCUT2D eigenvalue weighted by Gasteiger charge is -2.40. The van der Waals surface area contributed by atoms with Crippen LogP contribution in [0.5, 0.6) is 0 Å². The fourth-order valence-corrected chi connectivity index (χ4v) is 4.16. The number of benzene rings is 1. The number of likely N-dealkylation sites (tertiary alicyclic amines) is 1. The molecule has 2 fully saturated rings. The zero-order chi connectivity index (χ0) is 20.1. The molecule has 1 aromatic carbocycles. The maximum atomic E-state index is 12.8. The van der Waals surface area contributed by atoms with Gasteiger partial charge < -0.3 is 15.4 Å². The zero-order valence-corrected chi connectivity index (χ0v) is 16.1. The monoisotopic (exact) mass is 399 g/mol. The third-order valence-electron chi connectivity index (χ3n) is 5.58. The molecule has 8 heteroatoms. The number of carbonyl (C=O) groups is 1. The summed E-state index contributed by atoms with van der Waals surface area (Å²) < 4.78 is 43.9. The van der Waals surface area contributed by atoms with Crippen molar-refractivity contribution in [1.82, 2.24) is 15.5 Å². The molecule has 1 amide bonds. The molecule has 3 atom stereocenters. The zero-order valence-electron chi connectivity index (χ0n) is 16.1. The summed E-state index contributed by atoms with van der Waals surface area (Å²) in [6, 6.07) is 5.44. The molecule has 0 bridgehead atoms. The van der Waals surface area contributed by atoms with Crippen LogP contribution in [0.3, 0.4) is 0 Å². The number of morpholine rings is 1. The van der Waals surface area contributed by atoms with Crippen LogP contribution in [0.1, 0.15) is 36.4 Å². The first kappa shape index (κ1) is 21.1. The summed E-state index contributed by atoms with van der Waals surface area (Å²) in [4.78, 5) is 14.5. The number of halogens is 3. The second kappa shape index (κ2) is 9.24. The molecule has 2 saturated heterocycles. The van der Waals surface area contributed by atoms with E-state index >= 15 is 0 Å². The summed E-state index contributed by atoms with van der Waals surface area (Å²) >= 11 is 0. The van der Waals surface area contributed by atoms with Crippen LogP contribution in [0, 0.1) is 5.92 Å². The van der Waals surface area contributed by atoms with Gasteiger partial charge in [0.1, 0.15) is 0 Å². The van der Waals surface area contributed by atoms with Crippen LogP contribution in [0.2, 0.25) is 0 Å². The van der Waals surface area contributed by atoms with E-state index in [2.05, 4.69) is 15.5 Å². The molecule has 3 rings (SSSR count). The maximum Gasteiger partial charge on any atom is 0.416 e. The van der Waals surface area contributed by atoms with Gasteiger partial charge in [-0.25, -0.2) is 0 Å². The largest absolute Gasteiger partial charge is 0.416 e. The molecule has 3 unspecified atom stereocenters. The standard InChI is InChI=1S/C20H28F3N3O2/c1-26-9-2-3-15(12-25-18(27)11-17-13-28-10-8-24-17)19(26)14-4-6-16(7-5-14)20(21,22)23/h4-7,15,17,19,24H,2-3,8-13H2,1H3,(H,25,27). The second-order valence-electron chi connectivity index (χ2n) is 7.68. The minimum Gasteiger partial charge on any atom is -0.378 e. The van der Waals surface area contributed by atoms with Crippen molar-refractivity contribution in [2.24, 2.45) is 5.92 Å². The highest BCUT2D eigenvalue weighted by atomic mass is 19.4. The molecule has 156 valence electrons. The Balaban J connectivity index is 1.61. The number of nitrogens with one attached hydrogen (secondary N) is 2. The third kappa shape index (κ3) is 5.46. The van der Waals surface area contributed by atoms with Gasteiger partial charge in [0.25, 0.3) is 0 Å². The highest BCUT2D eigenvalue weighted by Gasteiger charge is 2.33. The van der Waals surface area contributed by atoms with Crippen LogP contribution < -0.4 is 10.6 Å². The number of nitrogens with zero attached hydrogens (tertiary/aromatic N) is 1. The summed E-state index contributed by atoms with van der Waals surface area (Å²) in [6.07, 6.45) is -2.03. The van der Waals surface area contributed by atoms with Crippen molar-refractivity contribution in [2.45, 2.75) is 37.5 Å². The van der Waals surface area contributed by atoms with E-state index in [-0.39, 0.29) is 23.9 Å². The number of amides is 1. The van der Waals surface area contributed by atoms with Gasteiger partial charge in [-0.3, -0.25) is 9.69 Å². The summed E-state index contributed by atoms with van der Waals surface area (Å²) in [6.45, 7) is 3.36. The average Bonchev–Trinajstić information content (AvgIpc) is 2.67. The summed E-state index contributed by atoms with van der Waals surface area (Å²) in [5.74, 6) is 0.136. The molecular weight excluding hydrogens is 371 g/mol. The maximum absolute atomic E-state index is 12.8. The number of piperidine rings is 1. The van der Waals surface area contributed by atoms with Crippen LogP contribution in [-0.2, 0) is 15.7 Å². The van der Waals surface area contributed by atoms with E-state index in [1.54, 1.807) is 12.1 Å². The second-order valence-corrected chi connectivity index (χ2v) is 7.68. The molecule has 0 aromatic heterocycles. The van der Waals surface area contributed by atoms with Crippen molar-refractivity contribution in [1.29, 1.82) is 0 Å². The first-order valence-corrected chi connectivity index (χ1v) is 9.80. The van der Waals surface area contributed by atoms with Gasteiger partial charge in [0.05, 0.1) is 18.8 Å². The molecular formula is C20H28F3N3O2. The highest BCUT2D eigenvalue weighted by Crippen LogP contribution is 2.36. The van der Waals surface area contributed by atoms with E-state index in [1.165, 1.54) is 0 Å². The molecule has 5 nitrogen and oxygen atoms in total. The van der Waals surface area contributed by atoms with Crippen LogP contribution in [0.4, 0.5) is 13.2 Å². The number of carbonyl (C=O) groups excluding carboxylic acids is 1. The van der Waals surface area contributed by atoms with E-state index in [0.29, 0.717) is 26.2 Å². The van der Waals surface area contributed by atoms with Gasteiger partial charge in [0, 0.05) is 31.6 Å². The van der Waals surface area contributed by atoms with Crippen LogP contribution in [-0.4, -0.2) is 56.7 Å². The Morgan fingerprint density at radius 3 is 2.71 bits per heavy atom. The van der Waals surface area contributed by atoms with Gasteiger partial charge in [-0.1, -0.05) is 12.1 Å². The van der Waals surface area contributed by atoms with Crippen molar-refractivity contribution >= 4 is 5.91 Å². The van der Waals surface area contributed by atoms with Gasteiger partial charge in [-0.05, 0) is 50.0 Å². The number of rotatable bonds is 5. The topological polar surface area (TPSA) is 53.6 Å². The van der Waals surface area contributed by atoms with E-state index < -0.39 is 11.7 Å². The number of hydrogen-bond acceptors (Lipinski definition) is 4. The Kier molecular flexibility index (Phi) is 6.95. The number of hydrogen-bond donors (Lipinski definition) is 2. The Labute approximate surface area is 163 Å². The summed E-state index contributed by atoms with van der Waals surface area (Å²) in [5, 5.41) is 6.28. The SMILES string of the molecule is CN1CCCC(CNC(=O)CC2COCCN2)C1c1ccc(C(F)(F)F)cc1. The van der Waals surface area contributed by atoms with Crippen molar-refractivity contribution in [2.75, 3.05) is 39.9 Å². The van der Waals surface area contributed by atoms with E-state index in [0.717, 1.165) is 43.6 Å². The Morgan fingerprint density at radius 2 is 2.07 bits per heavy atom. The summed E-state index contributed by atoms with van der Waals surface area (Å²) in [7, 11) is 1.99. The Hall–Kier alpha value is -1.64. The lowest BCUT2D eigenvalue weighted by Crippen LogP contribution is -2.46. The molecule has 0 spiro atoms. The Morgan fingerprint density at radius 1 is 1.32 bits per heavy atom. The van der Waals surface area contributed by atoms with Gasteiger partial charge >= 0.3 is 6.18 Å². The molecule has 0 radical (unpaired) electrons. The molecule has 2 aliphatic rings. The van der Waals surface area contributed by atoms with Gasteiger partial charge in [0.15, 0.2) is 0 Å². The third-order valence-corrected chi connectivity index (χ3v) is 5.58. The van der Waals surface area contributed by atoms with Gasteiger partial charge in [0.2, 0.25) is 5.91 Å². The van der Waals surface area contributed by atoms with Crippen molar-refractivity contribution in [3.63, 3.8) is 0 Å². The predicted octanol–water partition coefficient (Wildman–Crippen LogP) is 2.58. The summed E-state index contributed by atoms with van der Waals surface area (Å²) in [5.41, 5.74) is 0.221. The molecule has 0 saturated carbocycles. The predicted molar refractivity (Wildman–Crippen MR) is 99.8 cm³/mol.